The summed E-state index contributed by atoms with van der Waals surface area (Å²) in [6, 6.07) is 10.2. The van der Waals surface area contributed by atoms with Crippen molar-refractivity contribution in [1.82, 2.24) is 14.9 Å². The molecule has 0 aliphatic heterocycles. The summed E-state index contributed by atoms with van der Waals surface area (Å²) in [5.74, 6) is -2.30. The number of aliphatic carboxylic acids is 1. The minimum absolute atomic E-state index is 0.0544. The van der Waals surface area contributed by atoms with Gasteiger partial charge in [-0.3, -0.25) is 23.9 Å². The number of hydrogen-bond acceptors (Lipinski definition) is 4. The van der Waals surface area contributed by atoms with Crippen molar-refractivity contribution in [2.45, 2.75) is 13.0 Å². The summed E-state index contributed by atoms with van der Waals surface area (Å²) >= 11 is 0. The summed E-state index contributed by atoms with van der Waals surface area (Å²) in [6.45, 7) is -0.353. The Balaban J connectivity index is 1.94. The SMILES string of the molecule is O=C(Cn1ccc(=O)[nH]c1=O)NCC(Cc1ccccc1)C(=O)O. The van der Waals surface area contributed by atoms with Crippen molar-refractivity contribution in [3.05, 3.63) is 69.0 Å². The number of aromatic amines is 1. The number of rotatable bonds is 7. The number of benzene rings is 1. The number of carboxylic acid groups (broad SMARTS) is 1. The normalized spacial score (nSPS) is 11.7. The van der Waals surface area contributed by atoms with E-state index in [2.05, 4.69) is 5.32 Å². The van der Waals surface area contributed by atoms with Crippen LogP contribution in [-0.4, -0.2) is 33.1 Å². The second-order valence-electron chi connectivity index (χ2n) is 5.27. The molecule has 0 radical (unpaired) electrons. The third kappa shape index (κ3) is 4.94. The Morgan fingerprint density at radius 1 is 1.17 bits per heavy atom. The van der Waals surface area contributed by atoms with E-state index in [0.29, 0.717) is 0 Å². The lowest BCUT2D eigenvalue weighted by Gasteiger charge is -2.14. The van der Waals surface area contributed by atoms with Gasteiger partial charge < -0.3 is 10.4 Å². The quantitative estimate of drug-likeness (QED) is 0.637. The minimum atomic E-state index is -1.01. The fourth-order valence-corrected chi connectivity index (χ4v) is 2.16. The van der Waals surface area contributed by atoms with E-state index in [1.807, 2.05) is 35.3 Å². The molecule has 0 aliphatic rings. The van der Waals surface area contributed by atoms with Gasteiger partial charge in [0.05, 0.1) is 5.92 Å². The maximum Gasteiger partial charge on any atom is 0.328 e. The van der Waals surface area contributed by atoms with Gasteiger partial charge in [0.2, 0.25) is 5.91 Å². The zero-order chi connectivity index (χ0) is 17.5. The van der Waals surface area contributed by atoms with Crippen LogP contribution in [0.1, 0.15) is 5.56 Å². The Bertz CT molecular complexity index is 825. The highest BCUT2D eigenvalue weighted by Gasteiger charge is 2.19. The predicted molar refractivity (Wildman–Crippen MR) is 85.6 cm³/mol. The van der Waals surface area contributed by atoms with E-state index in [9.17, 15) is 24.3 Å². The van der Waals surface area contributed by atoms with Crippen LogP contribution in [0, 0.1) is 5.92 Å². The van der Waals surface area contributed by atoms with Crippen LogP contribution in [-0.2, 0) is 22.6 Å². The third-order valence-corrected chi connectivity index (χ3v) is 3.43. The summed E-state index contributed by atoms with van der Waals surface area (Å²) in [6.07, 6.45) is 1.49. The summed E-state index contributed by atoms with van der Waals surface area (Å²) in [7, 11) is 0. The first-order valence-corrected chi connectivity index (χ1v) is 7.29. The molecule has 0 fully saturated rings. The van der Waals surface area contributed by atoms with Crippen LogP contribution in [0.5, 0.6) is 0 Å². The molecule has 0 saturated carbocycles. The number of hydrogen-bond donors (Lipinski definition) is 3. The maximum atomic E-state index is 11.9. The van der Waals surface area contributed by atoms with Gasteiger partial charge >= 0.3 is 11.7 Å². The van der Waals surface area contributed by atoms with Gasteiger partial charge in [-0.2, -0.15) is 0 Å². The Hall–Kier alpha value is -3.16. The molecule has 126 valence electrons. The molecule has 1 atom stereocenters. The number of nitrogens with zero attached hydrogens (tertiary/aromatic N) is 1. The van der Waals surface area contributed by atoms with E-state index < -0.39 is 29.0 Å². The second kappa shape index (κ2) is 7.91. The number of H-pyrrole nitrogens is 1. The topological polar surface area (TPSA) is 121 Å². The van der Waals surface area contributed by atoms with Gasteiger partial charge in [0.15, 0.2) is 0 Å². The summed E-state index contributed by atoms with van der Waals surface area (Å²) in [4.78, 5) is 47.7. The predicted octanol–water partition coefficient (Wildman–Crippen LogP) is -0.404. The molecule has 0 aliphatic carbocycles. The monoisotopic (exact) mass is 331 g/mol. The molecule has 1 heterocycles. The van der Waals surface area contributed by atoms with Crippen LogP contribution in [0.25, 0.3) is 0 Å². The maximum absolute atomic E-state index is 11.9. The van der Waals surface area contributed by atoms with Crippen LogP contribution >= 0.6 is 0 Å². The Labute approximate surface area is 136 Å². The highest BCUT2D eigenvalue weighted by Crippen LogP contribution is 2.08. The highest BCUT2D eigenvalue weighted by atomic mass is 16.4. The van der Waals surface area contributed by atoms with E-state index in [1.165, 1.54) is 6.20 Å². The van der Waals surface area contributed by atoms with Crippen molar-refractivity contribution in [3.8, 4) is 0 Å². The molecular formula is C16H17N3O5. The Morgan fingerprint density at radius 3 is 2.50 bits per heavy atom. The van der Waals surface area contributed by atoms with Crippen molar-refractivity contribution >= 4 is 11.9 Å². The van der Waals surface area contributed by atoms with E-state index in [4.69, 9.17) is 0 Å². The Morgan fingerprint density at radius 2 is 1.88 bits per heavy atom. The first-order chi connectivity index (χ1) is 11.5. The van der Waals surface area contributed by atoms with E-state index in [1.54, 1.807) is 0 Å². The standard InChI is InChI=1S/C16H17N3O5/c20-13-6-7-19(16(24)18-13)10-14(21)17-9-12(15(22)23)8-11-4-2-1-3-5-11/h1-7,12H,8-10H2,(H,17,21)(H,22,23)(H,18,20,24). The van der Waals surface area contributed by atoms with Gasteiger partial charge in [-0.05, 0) is 12.0 Å². The first-order valence-electron chi connectivity index (χ1n) is 7.29. The van der Waals surface area contributed by atoms with Gasteiger partial charge in [-0.15, -0.1) is 0 Å². The van der Waals surface area contributed by atoms with Crippen LogP contribution in [0.2, 0.25) is 0 Å². The molecule has 3 N–H and O–H groups in total. The molecule has 0 bridgehead atoms. The van der Waals surface area contributed by atoms with E-state index >= 15 is 0 Å². The van der Waals surface area contributed by atoms with Gasteiger partial charge in [0, 0.05) is 18.8 Å². The molecule has 8 heteroatoms. The van der Waals surface area contributed by atoms with Crippen molar-refractivity contribution < 1.29 is 14.7 Å². The molecule has 0 saturated heterocycles. The number of carboxylic acids is 1. The number of carbonyl (C=O) groups is 2. The zero-order valence-corrected chi connectivity index (χ0v) is 12.8. The smallest absolute Gasteiger partial charge is 0.328 e. The largest absolute Gasteiger partial charge is 0.481 e. The lowest BCUT2D eigenvalue weighted by molar-refractivity contribution is -0.141. The Kier molecular flexibility index (Phi) is 5.67. The fraction of sp³-hybridized carbons (Fsp3) is 0.250. The molecule has 8 nitrogen and oxygen atoms in total. The van der Waals surface area contributed by atoms with Gasteiger partial charge in [0.1, 0.15) is 6.54 Å². The summed E-state index contributed by atoms with van der Waals surface area (Å²) < 4.78 is 1.03. The molecular weight excluding hydrogens is 314 g/mol. The molecule has 1 unspecified atom stereocenters. The third-order valence-electron chi connectivity index (χ3n) is 3.43. The highest BCUT2D eigenvalue weighted by molar-refractivity contribution is 5.77. The molecule has 1 amide bonds. The summed E-state index contributed by atoms with van der Waals surface area (Å²) in [5.41, 5.74) is -0.391. The van der Waals surface area contributed by atoms with E-state index in [-0.39, 0.29) is 19.5 Å². The van der Waals surface area contributed by atoms with Crippen LogP contribution in [0.15, 0.2) is 52.2 Å². The first kappa shape index (κ1) is 17.2. The number of nitrogens with one attached hydrogen (secondary N) is 2. The molecule has 1 aromatic carbocycles. The number of aromatic nitrogens is 2. The van der Waals surface area contributed by atoms with Gasteiger partial charge in [-0.25, -0.2) is 4.79 Å². The van der Waals surface area contributed by atoms with Crippen LogP contribution in [0.4, 0.5) is 0 Å². The lowest BCUT2D eigenvalue weighted by Crippen LogP contribution is -2.39. The molecule has 2 aromatic rings. The van der Waals surface area contributed by atoms with E-state index in [0.717, 1.165) is 16.2 Å². The fourth-order valence-electron chi connectivity index (χ4n) is 2.16. The molecule has 0 spiro atoms. The molecule has 24 heavy (non-hydrogen) atoms. The molecule has 2 rings (SSSR count). The minimum Gasteiger partial charge on any atom is -0.481 e. The lowest BCUT2D eigenvalue weighted by atomic mass is 9.99. The average molecular weight is 331 g/mol. The van der Waals surface area contributed by atoms with Crippen molar-refractivity contribution in [1.29, 1.82) is 0 Å². The van der Waals surface area contributed by atoms with Gasteiger partial charge in [-0.1, -0.05) is 30.3 Å². The number of amides is 1. The molecule has 1 aromatic heterocycles. The van der Waals surface area contributed by atoms with Crippen LogP contribution < -0.4 is 16.6 Å². The summed E-state index contributed by atoms with van der Waals surface area (Å²) in [5, 5.41) is 11.8. The number of carbonyl (C=O) groups excluding carboxylic acids is 1. The zero-order valence-electron chi connectivity index (χ0n) is 12.8. The van der Waals surface area contributed by atoms with Crippen molar-refractivity contribution in [3.63, 3.8) is 0 Å². The van der Waals surface area contributed by atoms with Crippen LogP contribution in [0.3, 0.4) is 0 Å². The second-order valence-corrected chi connectivity index (χ2v) is 5.27. The van der Waals surface area contributed by atoms with Crippen molar-refractivity contribution in [2.24, 2.45) is 5.92 Å². The average Bonchev–Trinajstić information content (AvgIpc) is 2.55. The van der Waals surface area contributed by atoms with Gasteiger partial charge in [0.25, 0.3) is 5.56 Å². The van der Waals surface area contributed by atoms with Crippen molar-refractivity contribution in [2.75, 3.05) is 6.54 Å².